The molecule has 0 aromatic heterocycles. The Morgan fingerprint density at radius 1 is 1.00 bits per heavy atom. The number of rotatable bonds is 7. The third kappa shape index (κ3) is 13.2. The number of carboxylic acid groups (broad SMARTS) is 1. The summed E-state index contributed by atoms with van der Waals surface area (Å²) in [6, 6.07) is 12.2. The molecule has 1 N–H and O–H groups in total. The highest BCUT2D eigenvalue weighted by Crippen LogP contribution is 2.23. The first-order chi connectivity index (χ1) is 19.3. The van der Waals surface area contributed by atoms with Crippen molar-refractivity contribution in [2.24, 2.45) is 5.92 Å². The Balaban J connectivity index is 0.000000360. The second kappa shape index (κ2) is 20.0. The summed E-state index contributed by atoms with van der Waals surface area (Å²) < 4.78 is 19.5. The van der Waals surface area contributed by atoms with E-state index in [0.717, 1.165) is 35.8 Å². The average molecular weight is 547 g/mol. The van der Waals surface area contributed by atoms with Gasteiger partial charge in [0.1, 0.15) is 24.5 Å². The number of aliphatic carboxylic acids is 1. The third-order valence-corrected chi connectivity index (χ3v) is 5.73. The first-order valence-corrected chi connectivity index (χ1v) is 13.9. The molecule has 0 aliphatic heterocycles. The molecule has 4 nitrogen and oxygen atoms in total. The van der Waals surface area contributed by atoms with E-state index in [0.29, 0.717) is 18.4 Å². The monoisotopic (exact) mass is 546 g/mol. The van der Waals surface area contributed by atoms with Crippen molar-refractivity contribution in [3.8, 4) is 5.75 Å². The number of aryl methyl sites for hydroxylation is 1. The van der Waals surface area contributed by atoms with Gasteiger partial charge in [0.25, 0.3) is 0 Å². The first kappa shape index (κ1) is 34.0. The Hall–Kier alpha value is -3.99. The Labute approximate surface area is 239 Å². The standard InChI is InChI=1S/C19H17FO.C11H14O2.C3H6O.C2H6/c1-14-7-8-16-12-18(10-9-15(16)11-14)21-13-17-5-3-2-4-6-19(17)20;1-9(11(12)13)8-10-6-4-2-3-5-7-10;1-2-3-4;1-2/h3-12H,2,13H2,1H3;2-4,6-7,9H,5,8H2,1H3,(H,12,13);3H,2H2,1H3;1-2H3. The minimum atomic E-state index is -0.730. The number of aldehydes is 1. The number of halogens is 1. The van der Waals surface area contributed by atoms with E-state index in [4.69, 9.17) is 9.84 Å². The van der Waals surface area contributed by atoms with Crippen LogP contribution in [0.2, 0.25) is 0 Å². The summed E-state index contributed by atoms with van der Waals surface area (Å²) in [5, 5.41) is 11.0. The van der Waals surface area contributed by atoms with Crippen LogP contribution < -0.4 is 4.74 Å². The van der Waals surface area contributed by atoms with Crippen molar-refractivity contribution in [3.63, 3.8) is 0 Å². The van der Waals surface area contributed by atoms with E-state index in [2.05, 4.69) is 37.3 Å². The molecule has 5 heteroatoms. The molecule has 0 fully saturated rings. The van der Waals surface area contributed by atoms with E-state index >= 15 is 0 Å². The molecule has 2 aromatic rings. The van der Waals surface area contributed by atoms with Gasteiger partial charge < -0.3 is 14.6 Å². The van der Waals surface area contributed by atoms with Gasteiger partial charge in [-0.05, 0) is 55.2 Å². The van der Waals surface area contributed by atoms with Gasteiger partial charge in [0, 0.05) is 12.0 Å². The second-order valence-corrected chi connectivity index (χ2v) is 9.04. The van der Waals surface area contributed by atoms with E-state index < -0.39 is 5.97 Å². The predicted octanol–water partition coefficient (Wildman–Crippen LogP) is 9.43. The Morgan fingerprint density at radius 2 is 1.68 bits per heavy atom. The maximum atomic E-state index is 13.8. The summed E-state index contributed by atoms with van der Waals surface area (Å²) in [5.74, 6) is -0.492. The van der Waals surface area contributed by atoms with Crippen LogP contribution in [0.3, 0.4) is 0 Å². The number of hydrogen-bond donors (Lipinski definition) is 1. The van der Waals surface area contributed by atoms with Gasteiger partial charge in [-0.1, -0.05) is 112 Å². The number of hydrogen-bond acceptors (Lipinski definition) is 3. The van der Waals surface area contributed by atoms with Crippen LogP contribution >= 0.6 is 0 Å². The molecule has 0 bridgehead atoms. The van der Waals surface area contributed by atoms with Gasteiger partial charge >= 0.3 is 5.97 Å². The van der Waals surface area contributed by atoms with Crippen LogP contribution in [0, 0.1) is 12.8 Å². The van der Waals surface area contributed by atoms with Gasteiger partial charge in [-0.25, -0.2) is 4.39 Å². The lowest BCUT2D eigenvalue weighted by Gasteiger charge is -2.08. The molecular formula is C35H43FO4. The van der Waals surface area contributed by atoms with Crippen molar-refractivity contribution in [3.05, 3.63) is 114 Å². The van der Waals surface area contributed by atoms with Gasteiger partial charge in [0.15, 0.2) is 0 Å². The molecule has 1 atom stereocenters. The summed E-state index contributed by atoms with van der Waals surface area (Å²) in [5.41, 5.74) is 2.92. The van der Waals surface area contributed by atoms with Crippen LogP contribution in [0.1, 0.15) is 58.9 Å². The van der Waals surface area contributed by atoms with Crippen molar-refractivity contribution in [2.45, 2.75) is 60.3 Å². The SMILES string of the molecule is CC.CC(CC1=CCC=CC=C1)C(=O)O.CCC=O.Cc1ccc2cc(OCC3=C(F)C=CCC=C3)ccc2c1. The van der Waals surface area contributed by atoms with Gasteiger partial charge in [-0.3, -0.25) is 4.79 Å². The van der Waals surface area contributed by atoms with E-state index in [1.54, 1.807) is 19.1 Å². The zero-order chi connectivity index (χ0) is 29.8. The molecule has 0 spiro atoms. The molecular weight excluding hydrogens is 503 g/mol. The number of carbonyl (C=O) groups excluding carboxylic acids is 1. The summed E-state index contributed by atoms with van der Waals surface area (Å²) in [7, 11) is 0. The molecule has 0 radical (unpaired) electrons. The number of carbonyl (C=O) groups is 2. The minimum Gasteiger partial charge on any atom is -0.489 e. The lowest BCUT2D eigenvalue weighted by Crippen LogP contribution is -2.09. The maximum absolute atomic E-state index is 13.8. The number of fused-ring (bicyclic) bond motifs is 1. The fraction of sp³-hybridized carbons (Fsp3) is 0.314. The Morgan fingerprint density at radius 3 is 2.38 bits per heavy atom. The predicted molar refractivity (Wildman–Crippen MR) is 165 cm³/mol. The Kier molecular flexibility index (Phi) is 17.0. The second-order valence-electron chi connectivity index (χ2n) is 9.04. The molecule has 0 saturated heterocycles. The molecule has 2 aromatic carbocycles. The van der Waals surface area contributed by atoms with Gasteiger partial charge in [0.2, 0.25) is 0 Å². The van der Waals surface area contributed by atoms with Crippen molar-refractivity contribution in [2.75, 3.05) is 6.61 Å². The highest BCUT2D eigenvalue weighted by Gasteiger charge is 2.11. The molecule has 2 aliphatic carbocycles. The van der Waals surface area contributed by atoms with Crippen LogP contribution in [0.15, 0.2) is 108 Å². The number of carboxylic acids is 1. The van der Waals surface area contributed by atoms with Gasteiger partial charge in [0.05, 0.1) is 5.92 Å². The van der Waals surface area contributed by atoms with Crippen LogP contribution in [0.25, 0.3) is 10.8 Å². The van der Waals surface area contributed by atoms with Crippen molar-refractivity contribution < 1.29 is 23.8 Å². The van der Waals surface area contributed by atoms with E-state index in [9.17, 15) is 14.0 Å². The molecule has 0 heterocycles. The quantitative estimate of drug-likeness (QED) is 0.351. The summed E-state index contributed by atoms with van der Waals surface area (Å²) in [4.78, 5) is 19.8. The highest BCUT2D eigenvalue weighted by atomic mass is 19.1. The van der Waals surface area contributed by atoms with Gasteiger partial charge in [-0.2, -0.15) is 0 Å². The van der Waals surface area contributed by atoms with Crippen molar-refractivity contribution >= 4 is 23.0 Å². The van der Waals surface area contributed by atoms with Crippen LogP contribution in [-0.4, -0.2) is 24.0 Å². The van der Waals surface area contributed by atoms with E-state index in [1.165, 1.54) is 17.0 Å². The first-order valence-electron chi connectivity index (χ1n) is 13.9. The number of allylic oxidation sites excluding steroid dienone is 10. The summed E-state index contributed by atoms with van der Waals surface area (Å²) in [6.45, 7) is 9.86. The van der Waals surface area contributed by atoms with Crippen LogP contribution in [0.5, 0.6) is 5.75 Å². The smallest absolute Gasteiger partial charge is 0.306 e. The average Bonchev–Trinajstić information content (AvgIpc) is 3.35. The number of ether oxygens (including phenoxy) is 1. The minimum absolute atomic E-state index is 0.222. The van der Waals surface area contributed by atoms with Crippen molar-refractivity contribution in [1.29, 1.82) is 0 Å². The van der Waals surface area contributed by atoms with E-state index in [1.807, 2.05) is 63.3 Å². The molecule has 0 amide bonds. The Bertz CT molecular complexity index is 1260. The highest BCUT2D eigenvalue weighted by molar-refractivity contribution is 5.84. The molecule has 0 saturated carbocycles. The van der Waals surface area contributed by atoms with Crippen LogP contribution in [0.4, 0.5) is 4.39 Å². The molecule has 1 unspecified atom stereocenters. The largest absolute Gasteiger partial charge is 0.489 e. The third-order valence-electron chi connectivity index (χ3n) is 5.73. The molecule has 214 valence electrons. The topological polar surface area (TPSA) is 63.6 Å². The summed E-state index contributed by atoms with van der Waals surface area (Å²) in [6.07, 6.45) is 20.8. The van der Waals surface area contributed by atoms with Gasteiger partial charge in [-0.15, -0.1) is 0 Å². The number of benzene rings is 2. The lowest BCUT2D eigenvalue weighted by molar-refractivity contribution is -0.141. The molecule has 40 heavy (non-hydrogen) atoms. The normalized spacial score (nSPS) is 14.2. The lowest BCUT2D eigenvalue weighted by atomic mass is 10.0. The zero-order valence-corrected chi connectivity index (χ0v) is 24.4. The molecule has 4 rings (SSSR count). The zero-order valence-electron chi connectivity index (χ0n) is 24.4. The maximum Gasteiger partial charge on any atom is 0.306 e. The molecule has 2 aliphatic rings. The summed E-state index contributed by atoms with van der Waals surface area (Å²) >= 11 is 0. The van der Waals surface area contributed by atoms with Crippen molar-refractivity contribution in [1.82, 2.24) is 0 Å². The fourth-order valence-corrected chi connectivity index (χ4v) is 3.57. The van der Waals surface area contributed by atoms with Crippen LogP contribution in [-0.2, 0) is 9.59 Å². The fourth-order valence-electron chi connectivity index (χ4n) is 3.57. The van der Waals surface area contributed by atoms with E-state index in [-0.39, 0.29) is 18.4 Å².